The Morgan fingerprint density at radius 3 is 2.46 bits per heavy atom. The van der Waals surface area contributed by atoms with Gasteiger partial charge in [0.05, 0.1) is 17.0 Å². The zero-order chi connectivity index (χ0) is 19.3. The molecule has 0 spiro atoms. The maximum atomic E-state index is 12.9. The number of thioether (sulfide) groups is 1. The third-order valence-electron chi connectivity index (χ3n) is 4.27. The van der Waals surface area contributed by atoms with E-state index in [9.17, 15) is 14.7 Å². The van der Waals surface area contributed by atoms with Crippen molar-refractivity contribution in [2.24, 2.45) is 0 Å². The lowest BCUT2D eigenvalue weighted by Crippen LogP contribution is -2.32. The second-order valence-corrected chi connectivity index (χ2v) is 6.77. The van der Waals surface area contributed by atoms with Gasteiger partial charge in [-0.25, -0.2) is 0 Å². The van der Waals surface area contributed by atoms with Gasteiger partial charge in [-0.15, -0.1) is 0 Å². The molecule has 0 aliphatic rings. The summed E-state index contributed by atoms with van der Waals surface area (Å²) in [4.78, 5) is 31.2. The smallest absolute Gasteiger partial charge is 0.265 e. The van der Waals surface area contributed by atoms with E-state index in [1.165, 1.54) is 16.3 Å². The quantitative estimate of drug-likeness (QED) is 0.595. The molecule has 0 aliphatic heterocycles. The zero-order valence-electron chi connectivity index (χ0n) is 15.7. The molecule has 26 heavy (non-hydrogen) atoms. The summed E-state index contributed by atoms with van der Waals surface area (Å²) in [6, 6.07) is 7.50. The molecule has 0 bridgehead atoms. The molecule has 140 valence electrons. The van der Waals surface area contributed by atoms with Crippen molar-refractivity contribution in [2.45, 2.75) is 39.3 Å². The normalized spacial score (nSPS) is 10.8. The lowest BCUT2D eigenvalue weighted by molar-refractivity contribution is -0.127. The number of para-hydroxylation sites is 1. The number of carbonyl (C=O) groups is 1. The molecule has 2 aromatic rings. The largest absolute Gasteiger partial charge is 0.493 e. The van der Waals surface area contributed by atoms with Gasteiger partial charge in [0.1, 0.15) is 0 Å². The minimum Gasteiger partial charge on any atom is -0.493 e. The number of benzene rings is 1. The van der Waals surface area contributed by atoms with Crippen LogP contribution in [0.2, 0.25) is 0 Å². The van der Waals surface area contributed by atoms with E-state index in [1.54, 1.807) is 11.8 Å². The summed E-state index contributed by atoms with van der Waals surface area (Å²) in [7, 11) is 0. The Morgan fingerprint density at radius 1 is 1.23 bits per heavy atom. The Balaban J connectivity index is 2.50. The molecule has 0 radical (unpaired) electrons. The number of hydrogen-bond acceptors (Lipinski definition) is 5. The number of aromatic hydroxyl groups is 1. The number of amides is 1. The van der Waals surface area contributed by atoms with Gasteiger partial charge < -0.3 is 10.0 Å². The summed E-state index contributed by atoms with van der Waals surface area (Å²) < 4.78 is 1.49. The van der Waals surface area contributed by atoms with Gasteiger partial charge in [0, 0.05) is 13.1 Å². The molecule has 1 amide bonds. The average molecular weight is 375 g/mol. The molecule has 1 N–H and O–H groups in total. The monoisotopic (exact) mass is 375 g/mol. The van der Waals surface area contributed by atoms with Gasteiger partial charge in [-0.1, -0.05) is 36.9 Å². The first kappa shape index (κ1) is 20.0. The van der Waals surface area contributed by atoms with Crippen LogP contribution in [0.4, 0.5) is 0 Å². The molecule has 0 unspecified atom stereocenters. The minimum absolute atomic E-state index is 0.0235. The second kappa shape index (κ2) is 8.89. The summed E-state index contributed by atoms with van der Waals surface area (Å²) in [6.07, 6.45) is 0.382. The fraction of sp³-hybridized carbons (Fsp3) is 0.421. The van der Waals surface area contributed by atoms with Crippen molar-refractivity contribution < 1.29 is 9.90 Å². The van der Waals surface area contributed by atoms with Gasteiger partial charge >= 0.3 is 0 Å². The van der Waals surface area contributed by atoms with Crippen molar-refractivity contribution in [1.29, 1.82) is 0 Å². The lowest BCUT2D eigenvalue weighted by atomic mass is 10.2. The summed E-state index contributed by atoms with van der Waals surface area (Å²) >= 11 is 1.17. The summed E-state index contributed by atoms with van der Waals surface area (Å²) in [5.74, 6) is -0.130. The highest BCUT2D eigenvalue weighted by Crippen LogP contribution is 2.24. The van der Waals surface area contributed by atoms with Crippen LogP contribution in [0.25, 0.3) is 5.69 Å². The van der Waals surface area contributed by atoms with E-state index >= 15 is 0 Å². The highest BCUT2D eigenvalue weighted by molar-refractivity contribution is 7.99. The van der Waals surface area contributed by atoms with Crippen LogP contribution in [-0.2, 0) is 11.2 Å². The Morgan fingerprint density at radius 2 is 1.88 bits per heavy atom. The van der Waals surface area contributed by atoms with E-state index in [2.05, 4.69) is 4.98 Å². The third kappa shape index (κ3) is 4.09. The Hall–Kier alpha value is -2.28. The molecular formula is C19H25N3O3S. The van der Waals surface area contributed by atoms with Gasteiger partial charge in [-0.05, 0) is 38.8 Å². The summed E-state index contributed by atoms with van der Waals surface area (Å²) in [6.45, 7) is 8.83. The second-order valence-electron chi connectivity index (χ2n) is 5.83. The molecular weight excluding hydrogens is 350 g/mol. The molecule has 0 aliphatic carbocycles. The van der Waals surface area contributed by atoms with Crippen LogP contribution in [0.3, 0.4) is 0 Å². The van der Waals surface area contributed by atoms with E-state index in [1.807, 2.05) is 45.0 Å². The van der Waals surface area contributed by atoms with E-state index in [4.69, 9.17) is 0 Å². The van der Waals surface area contributed by atoms with Crippen LogP contribution < -0.4 is 5.56 Å². The predicted octanol–water partition coefficient (Wildman–Crippen LogP) is 2.77. The van der Waals surface area contributed by atoms with Gasteiger partial charge in [0.25, 0.3) is 5.56 Å². The minimum atomic E-state index is -0.299. The lowest BCUT2D eigenvalue weighted by Gasteiger charge is -2.19. The highest BCUT2D eigenvalue weighted by atomic mass is 32.2. The zero-order valence-corrected chi connectivity index (χ0v) is 16.5. The predicted molar refractivity (Wildman–Crippen MR) is 104 cm³/mol. The van der Waals surface area contributed by atoms with E-state index in [-0.39, 0.29) is 28.7 Å². The van der Waals surface area contributed by atoms with Gasteiger partial charge in [-0.2, -0.15) is 4.98 Å². The van der Waals surface area contributed by atoms with Crippen LogP contribution in [0, 0.1) is 6.92 Å². The Bertz CT molecular complexity index is 844. The number of aromatic nitrogens is 2. The van der Waals surface area contributed by atoms with Crippen LogP contribution in [0.1, 0.15) is 31.9 Å². The molecule has 1 heterocycles. The van der Waals surface area contributed by atoms with Crippen LogP contribution in [-0.4, -0.2) is 44.3 Å². The Labute approximate surface area is 157 Å². The van der Waals surface area contributed by atoms with Crippen molar-refractivity contribution in [3.05, 3.63) is 45.7 Å². The topological polar surface area (TPSA) is 75.4 Å². The van der Waals surface area contributed by atoms with Crippen molar-refractivity contribution in [3.8, 4) is 11.6 Å². The number of carbonyl (C=O) groups excluding carboxylic acids is 1. The highest BCUT2D eigenvalue weighted by Gasteiger charge is 2.19. The maximum Gasteiger partial charge on any atom is 0.265 e. The van der Waals surface area contributed by atoms with Crippen LogP contribution in [0.15, 0.2) is 34.2 Å². The molecule has 0 saturated carbocycles. The van der Waals surface area contributed by atoms with Gasteiger partial charge in [0.15, 0.2) is 5.16 Å². The SMILES string of the molecule is CCc1c(O)nc(SCC(=O)N(CC)CC)n(-c2ccccc2C)c1=O. The average Bonchev–Trinajstić information content (AvgIpc) is 2.62. The first-order chi connectivity index (χ1) is 12.4. The molecule has 0 fully saturated rings. The maximum absolute atomic E-state index is 12.9. The summed E-state index contributed by atoms with van der Waals surface area (Å²) in [5, 5.41) is 10.5. The fourth-order valence-electron chi connectivity index (χ4n) is 2.75. The molecule has 6 nitrogen and oxygen atoms in total. The number of aryl methyl sites for hydroxylation is 1. The van der Waals surface area contributed by atoms with Crippen LogP contribution >= 0.6 is 11.8 Å². The first-order valence-corrected chi connectivity index (χ1v) is 9.74. The van der Waals surface area contributed by atoms with E-state index in [0.29, 0.717) is 30.4 Å². The molecule has 1 aromatic heterocycles. The number of nitrogens with zero attached hydrogens (tertiary/aromatic N) is 3. The van der Waals surface area contributed by atoms with Crippen molar-refractivity contribution >= 4 is 17.7 Å². The molecule has 7 heteroatoms. The van der Waals surface area contributed by atoms with Crippen molar-refractivity contribution in [3.63, 3.8) is 0 Å². The molecule has 0 saturated heterocycles. The van der Waals surface area contributed by atoms with Crippen molar-refractivity contribution in [2.75, 3.05) is 18.8 Å². The van der Waals surface area contributed by atoms with Gasteiger partial charge in [0.2, 0.25) is 11.8 Å². The molecule has 2 rings (SSSR count). The van der Waals surface area contributed by atoms with E-state index in [0.717, 1.165) is 5.56 Å². The molecule has 1 aromatic carbocycles. The standard InChI is InChI=1S/C19H25N3O3S/c1-5-14-17(24)20-19(26-12-16(23)21(6-2)7-3)22(18(14)25)15-11-9-8-10-13(15)4/h8-11,24H,5-7,12H2,1-4H3. The first-order valence-electron chi connectivity index (χ1n) is 8.75. The fourth-order valence-corrected chi connectivity index (χ4v) is 3.65. The molecule has 0 atom stereocenters. The Kier molecular flexibility index (Phi) is 6.85. The third-order valence-corrected chi connectivity index (χ3v) is 5.20. The number of rotatable bonds is 7. The summed E-state index contributed by atoms with van der Waals surface area (Å²) in [5.41, 5.74) is 1.60. The van der Waals surface area contributed by atoms with E-state index < -0.39 is 0 Å². The van der Waals surface area contributed by atoms with Gasteiger partial charge in [-0.3, -0.25) is 14.2 Å². The van der Waals surface area contributed by atoms with Crippen LogP contribution in [0.5, 0.6) is 5.88 Å². The van der Waals surface area contributed by atoms with Crippen molar-refractivity contribution in [1.82, 2.24) is 14.5 Å². The number of hydrogen-bond donors (Lipinski definition) is 1.